The van der Waals surface area contributed by atoms with Crippen LogP contribution in [0.25, 0.3) is 0 Å². The van der Waals surface area contributed by atoms with Crippen molar-refractivity contribution in [2.24, 2.45) is 5.92 Å². The molecule has 2 aromatic rings. The number of nitrogens with zero attached hydrogens (tertiary/aromatic N) is 2. The monoisotopic (exact) mass is 366 g/mol. The number of phenols is 1. The van der Waals surface area contributed by atoms with E-state index in [0.717, 1.165) is 24.6 Å². The largest absolute Gasteiger partial charge is 0.508 e. The Morgan fingerprint density at radius 1 is 1.07 bits per heavy atom. The molecule has 142 valence electrons. The third-order valence-corrected chi connectivity index (χ3v) is 7.01. The van der Waals surface area contributed by atoms with Crippen LogP contribution < -0.4 is 0 Å². The van der Waals surface area contributed by atoms with E-state index in [0.29, 0.717) is 29.3 Å². The number of piperidine rings is 3. The first-order chi connectivity index (χ1) is 13.1. The summed E-state index contributed by atoms with van der Waals surface area (Å²) < 4.78 is 14.1. The maximum Gasteiger partial charge on any atom is 0.126 e. The highest BCUT2D eigenvalue weighted by Crippen LogP contribution is 2.47. The molecule has 0 aromatic heterocycles. The number of halogens is 1. The van der Waals surface area contributed by atoms with Crippen LogP contribution in [0.5, 0.6) is 5.75 Å². The predicted octanol–water partition coefficient (Wildman–Crippen LogP) is 3.90. The maximum atomic E-state index is 14.1. The molecule has 4 saturated heterocycles. The molecule has 1 N–H and O–H groups in total. The molecule has 3 nitrogen and oxygen atoms in total. The zero-order valence-corrected chi connectivity index (χ0v) is 15.8. The Balaban J connectivity index is 1.47. The average Bonchev–Trinajstić information content (AvgIpc) is 3.07. The molecule has 2 bridgehead atoms. The first kappa shape index (κ1) is 17.2. The molecule has 0 spiro atoms. The van der Waals surface area contributed by atoms with Crippen molar-refractivity contribution in [3.8, 4) is 5.75 Å². The van der Waals surface area contributed by atoms with Gasteiger partial charge < -0.3 is 5.11 Å². The van der Waals surface area contributed by atoms with Gasteiger partial charge in [0.25, 0.3) is 0 Å². The number of aryl methyl sites for hydroxylation is 1. The highest BCUT2D eigenvalue weighted by Gasteiger charge is 2.53. The molecule has 4 heterocycles. The van der Waals surface area contributed by atoms with Gasteiger partial charge in [0.05, 0.1) is 0 Å². The summed E-state index contributed by atoms with van der Waals surface area (Å²) in [6.07, 6.45) is 2.54. The summed E-state index contributed by atoms with van der Waals surface area (Å²) >= 11 is 0. The van der Waals surface area contributed by atoms with Gasteiger partial charge in [-0.3, -0.25) is 9.80 Å². The van der Waals surface area contributed by atoms with Crippen LogP contribution in [0.4, 0.5) is 4.39 Å². The van der Waals surface area contributed by atoms with Gasteiger partial charge in [-0.1, -0.05) is 24.3 Å². The highest BCUT2D eigenvalue weighted by molar-refractivity contribution is 5.34. The van der Waals surface area contributed by atoms with E-state index in [2.05, 4.69) is 21.9 Å². The molecule has 2 aromatic carbocycles. The van der Waals surface area contributed by atoms with Crippen molar-refractivity contribution in [2.75, 3.05) is 19.6 Å². The van der Waals surface area contributed by atoms with Gasteiger partial charge in [0.1, 0.15) is 11.6 Å². The zero-order chi connectivity index (χ0) is 18.5. The second-order valence-electron chi connectivity index (χ2n) is 8.57. The lowest BCUT2D eigenvalue weighted by molar-refractivity contribution is -0.00871. The van der Waals surface area contributed by atoms with Crippen LogP contribution in [0.2, 0.25) is 0 Å². The fraction of sp³-hybridized carbons (Fsp3) is 0.478. The van der Waals surface area contributed by atoms with Crippen LogP contribution in [0.3, 0.4) is 0 Å². The van der Waals surface area contributed by atoms with Crippen molar-refractivity contribution in [2.45, 2.75) is 44.3 Å². The third-order valence-electron chi connectivity index (χ3n) is 7.01. The molecule has 0 aliphatic carbocycles. The molecular weight excluding hydrogens is 339 g/mol. The van der Waals surface area contributed by atoms with E-state index in [4.69, 9.17) is 0 Å². The first-order valence-corrected chi connectivity index (χ1v) is 10.1. The van der Waals surface area contributed by atoms with Crippen molar-refractivity contribution < 1.29 is 9.50 Å². The Bertz CT molecular complexity index is 846. The number of phenolic OH excluding ortho intramolecular Hbond substituents is 1. The van der Waals surface area contributed by atoms with Crippen LogP contribution in [0.1, 0.15) is 35.4 Å². The topological polar surface area (TPSA) is 26.7 Å². The SMILES string of the molecule is Cc1ccc(CN2C[C@H](c3cccc(O)c3)[C@H]3[C@@H]2C2CCN3CC2)cc1F. The number of hydrogen-bond donors (Lipinski definition) is 1. The van der Waals surface area contributed by atoms with Gasteiger partial charge in [0.15, 0.2) is 0 Å². The van der Waals surface area contributed by atoms with E-state index < -0.39 is 0 Å². The van der Waals surface area contributed by atoms with Gasteiger partial charge >= 0.3 is 0 Å². The Morgan fingerprint density at radius 2 is 1.89 bits per heavy atom. The molecule has 0 amide bonds. The van der Waals surface area contributed by atoms with Crippen molar-refractivity contribution in [1.82, 2.24) is 9.80 Å². The Labute approximate surface area is 160 Å². The minimum absolute atomic E-state index is 0.110. The van der Waals surface area contributed by atoms with Crippen molar-refractivity contribution in [3.05, 3.63) is 65.0 Å². The standard InChI is InChI=1S/C23H27FN2O/c1-15-5-6-16(11-21(15)24)13-26-14-20(18-3-2-4-19(27)12-18)23-22(26)17-7-9-25(23)10-8-17/h2-6,11-12,17,20,22-23,27H,7-10,13-14H2,1H3/t20-,22+,23+/m1/s1. The van der Waals surface area contributed by atoms with E-state index in [1.165, 1.54) is 31.5 Å². The number of aromatic hydroxyl groups is 1. The number of hydrogen-bond acceptors (Lipinski definition) is 3. The maximum absolute atomic E-state index is 14.1. The molecule has 4 aliphatic heterocycles. The summed E-state index contributed by atoms with van der Waals surface area (Å²) in [7, 11) is 0. The Hall–Kier alpha value is -1.91. The van der Waals surface area contributed by atoms with Crippen LogP contribution in [-0.4, -0.2) is 46.6 Å². The van der Waals surface area contributed by atoms with Crippen molar-refractivity contribution in [3.63, 3.8) is 0 Å². The minimum atomic E-state index is -0.110. The third kappa shape index (κ3) is 2.95. The van der Waals surface area contributed by atoms with Gasteiger partial charge in [-0.05, 0) is 73.7 Å². The first-order valence-electron chi connectivity index (χ1n) is 10.1. The smallest absolute Gasteiger partial charge is 0.126 e. The Kier molecular flexibility index (Phi) is 4.21. The molecule has 4 aliphatic rings. The molecule has 0 unspecified atom stereocenters. The van der Waals surface area contributed by atoms with Crippen LogP contribution in [0, 0.1) is 18.7 Å². The van der Waals surface area contributed by atoms with E-state index in [1.54, 1.807) is 12.1 Å². The summed E-state index contributed by atoms with van der Waals surface area (Å²) in [5.41, 5.74) is 3.00. The van der Waals surface area contributed by atoms with Gasteiger partial charge in [0, 0.05) is 31.1 Å². The van der Waals surface area contributed by atoms with Gasteiger partial charge in [0.2, 0.25) is 0 Å². The summed E-state index contributed by atoms with van der Waals surface area (Å²) in [6, 6.07) is 14.5. The number of benzene rings is 2. The molecule has 4 heteroatoms. The fourth-order valence-corrected chi connectivity index (χ4v) is 5.74. The minimum Gasteiger partial charge on any atom is -0.508 e. The Morgan fingerprint density at radius 3 is 2.63 bits per heavy atom. The molecule has 0 radical (unpaired) electrons. The van der Waals surface area contributed by atoms with Crippen LogP contribution >= 0.6 is 0 Å². The highest BCUT2D eigenvalue weighted by atomic mass is 19.1. The molecular formula is C23H27FN2O. The average molecular weight is 366 g/mol. The van der Waals surface area contributed by atoms with E-state index in [-0.39, 0.29) is 5.82 Å². The number of likely N-dealkylation sites (tertiary alicyclic amines) is 1. The van der Waals surface area contributed by atoms with Crippen LogP contribution in [-0.2, 0) is 6.54 Å². The lowest BCUT2D eigenvalue weighted by Gasteiger charge is -2.51. The van der Waals surface area contributed by atoms with Crippen LogP contribution in [0.15, 0.2) is 42.5 Å². The second kappa shape index (κ2) is 6.61. The van der Waals surface area contributed by atoms with Gasteiger partial charge in [-0.15, -0.1) is 0 Å². The van der Waals surface area contributed by atoms with Gasteiger partial charge in [-0.2, -0.15) is 0 Å². The summed E-state index contributed by atoms with van der Waals surface area (Å²) in [5.74, 6) is 1.37. The van der Waals surface area contributed by atoms with Crippen molar-refractivity contribution in [1.29, 1.82) is 0 Å². The number of fused-ring (bicyclic) bond motifs is 2. The molecule has 6 rings (SSSR count). The number of rotatable bonds is 3. The van der Waals surface area contributed by atoms with Crippen molar-refractivity contribution >= 4 is 0 Å². The van der Waals surface area contributed by atoms with E-state index in [1.807, 2.05) is 25.1 Å². The van der Waals surface area contributed by atoms with E-state index in [9.17, 15) is 9.50 Å². The zero-order valence-electron chi connectivity index (χ0n) is 15.8. The van der Waals surface area contributed by atoms with E-state index >= 15 is 0 Å². The quantitative estimate of drug-likeness (QED) is 0.892. The van der Waals surface area contributed by atoms with Gasteiger partial charge in [-0.25, -0.2) is 4.39 Å². The lowest BCUT2D eigenvalue weighted by Crippen LogP contribution is -2.59. The molecule has 3 atom stereocenters. The lowest BCUT2D eigenvalue weighted by atomic mass is 9.75. The second-order valence-corrected chi connectivity index (χ2v) is 8.57. The summed E-state index contributed by atoms with van der Waals surface area (Å²) in [6.45, 7) is 5.97. The normalized spacial score (nSPS) is 32.6. The molecule has 4 fully saturated rings. The molecule has 0 saturated carbocycles. The predicted molar refractivity (Wildman–Crippen MR) is 104 cm³/mol. The fourth-order valence-electron chi connectivity index (χ4n) is 5.74. The summed E-state index contributed by atoms with van der Waals surface area (Å²) in [5, 5.41) is 9.99. The summed E-state index contributed by atoms with van der Waals surface area (Å²) in [4.78, 5) is 5.24. The molecule has 27 heavy (non-hydrogen) atoms.